The van der Waals surface area contributed by atoms with Gasteiger partial charge in [0.1, 0.15) is 36.3 Å². The second-order valence-corrected chi connectivity index (χ2v) is 8.75. The topological polar surface area (TPSA) is 158 Å². The fraction of sp³-hybridized carbons (Fsp3) is 0.520. The molecule has 0 radical (unpaired) electrons. The first-order valence-electron chi connectivity index (χ1n) is 11.6. The van der Waals surface area contributed by atoms with Gasteiger partial charge in [0, 0.05) is 12.2 Å². The Morgan fingerprint density at radius 2 is 1.69 bits per heavy atom. The summed E-state index contributed by atoms with van der Waals surface area (Å²) in [6.07, 6.45) is -6.14. The second-order valence-electron chi connectivity index (χ2n) is 8.75. The third-order valence-electron chi connectivity index (χ3n) is 6.52. The zero-order valence-electron chi connectivity index (χ0n) is 19.4. The minimum Gasteiger partial charge on any atom is -0.493 e. The molecule has 192 valence electrons. The van der Waals surface area contributed by atoms with Gasteiger partial charge in [0.2, 0.25) is 6.29 Å². The summed E-state index contributed by atoms with van der Waals surface area (Å²) in [7, 11) is 1.44. The lowest BCUT2D eigenvalue weighted by Gasteiger charge is -2.39. The van der Waals surface area contributed by atoms with Crippen molar-refractivity contribution in [3.8, 4) is 17.2 Å². The van der Waals surface area contributed by atoms with Crippen molar-refractivity contribution in [2.75, 3.05) is 26.9 Å². The number of hydrogen-bond donors (Lipinski definition) is 6. The van der Waals surface area contributed by atoms with Crippen LogP contribution in [0.25, 0.3) is 0 Å². The predicted octanol–water partition coefficient (Wildman–Crippen LogP) is 0.00840. The molecule has 7 atom stereocenters. The largest absolute Gasteiger partial charge is 0.493 e. The molecule has 0 aliphatic carbocycles. The van der Waals surface area contributed by atoms with E-state index in [0.717, 1.165) is 23.1 Å². The fourth-order valence-electron chi connectivity index (χ4n) is 4.56. The van der Waals surface area contributed by atoms with Crippen molar-refractivity contribution in [3.05, 3.63) is 53.1 Å². The average Bonchev–Trinajstić information content (AvgIpc) is 3.25. The number of ether oxygens (including phenoxy) is 4. The lowest BCUT2D eigenvalue weighted by molar-refractivity contribution is -0.277. The molecule has 2 aromatic rings. The van der Waals surface area contributed by atoms with Gasteiger partial charge in [0.15, 0.2) is 11.5 Å². The third kappa shape index (κ3) is 5.10. The van der Waals surface area contributed by atoms with Gasteiger partial charge in [-0.1, -0.05) is 18.2 Å². The molecular formula is C25H32O10. The standard InChI is InChI=1S/C25H32O10/c1-32-19-10-14(5-7-18(19)34-25-23(31)22(30)21(29)20(12-28)35-25)24-16(11-27)15-9-13(3-2-8-26)4-6-17(15)33-24/h4-7,9-10,16,20-31H,2-3,8,11-12H2,1H3/t16-,20+,21+,22-,23+,24+,25+/m0/s1. The van der Waals surface area contributed by atoms with E-state index in [4.69, 9.17) is 24.1 Å². The molecule has 35 heavy (non-hydrogen) atoms. The Kier molecular flexibility index (Phi) is 8.12. The Morgan fingerprint density at radius 3 is 2.37 bits per heavy atom. The summed E-state index contributed by atoms with van der Waals surface area (Å²) in [4.78, 5) is 0. The molecule has 1 fully saturated rings. The molecule has 6 N–H and O–H groups in total. The van der Waals surface area contributed by atoms with Crippen molar-refractivity contribution in [1.82, 2.24) is 0 Å². The molecule has 1 saturated heterocycles. The highest BCUT2D eigenvalue weighted by molar-refractivity contribution is 5.49. The summed E-state index contributed by atoms with van der Waals surface area (Å²) < 4.78 is 22.8. The van der Waals surface area contributed by atoms with E-state index in [1.807, 2.05) is 18.2 Å². The van der Waals surface area contributed by atoms with E-state index in [9.17, 15) is 25.5 Å². The van der Waals surface area contributed by atoms with E-state index in [0.29, 0.717) is 17.9 Å². The highest BCUT2D eigenvalue weighted by Gasteiger charge is 2.45. The minimum atomic E-state index is -1.56. The van der Waals surface area contributed by atoms with E-state index < -0.39 is 43.4 Å². The van der Waals surface area contributed by atoms with Crippen molar-refractivity contribution >= 4 is 0 Å². The average molecular weight is 493 g/mol. The SMILES string of the molecule is COc1cc([C@H]2Oc3ccc(CCCO)cc3[C@@H]2CO)ccc1O[C@@H]1O[C@H](CO)[C@@H](O)[C@H](O)[C@H]1O. The Bertz CT molecular complexity index is 996. The fourth-order valence-corrected chi connectivity index (χ4v) is 4.56. The highest BCUT2D eigenvalue weighted by atomic mass is 16.7. The number of aliphatic hydroxyl groups excluding tert-OH is 6. The van der Waals surface area contributed by atoms with Crippen LogP contribution in [-0.4, -0.2) is 88.3 Å². The summed E-state index contributed by atoms with van der Waals surface area (Å²) in [5, 5.41) is 58.9. The molecule has 10 heteroatoms. The van der Waals surface area contributed by atoms with Gasteiger partial charge in [-0.25, -0.2) is 0 Å². The molecule has 0 spiro atoms. The molecule has 10 nitrogen and oxygen atoms in total. The summed E-state index contributed by atoms with van der Waals surface area (Å²) >= 11 is 0. The van der Waals surface area contributed by atoms with Crippen LogP contribution >= 0.6 is 0 Å². The van der Waals surface area contributed by atoms with E-state index in [2.05, 4.69) is 0 Å². The maximum Gasteiger partial charge on any atom is 0.229 e. The Morgan fingerprint density at radius 1 is 0.886 bits per heavy atom. The van der Waals surface area contributed by atoms with Gasteiger partial charge in [0.25, 0.3) is 0 Å². The van der Waals surface area contributed by atoms with Crippen molar-refractivity contribution in [2.24, 2.45) is 0 Å². The van der Waals surface area contributed by atoms with Crippen LogP contribution in [0.3, 0.4) is 0 Å². The van der Waals surface area contributed by atoms with Crippen LogP contribution in [0.15, 0.2) is 36.4 Å². The Balaban J connectivity index is 1.55. The lowest BCUT2D eigenvalue weighted by atomic mass is 9.90. The van der Waals surface area contributed by atoms with Crippen LogP contribution in [-0.2, 0) is 11.2 Å². The van der Waals surface area contributed by atoms with Gasteiger partial charge in [-0.3, -0.25) is 0 Å². The molecule has 0 bridgehead atoms. The number of methoxy groups -OCH3 is 1. The zero-order valence-corrected chi connectivity index (χ0v) is 19.4. The molecule has 2 aliphatic rings. The van der Waals surface area contributed by atoms with Gasteiger partial charge in [-0.15, -0.1) is 0 Å². The van der Waals surface area contributed by atoms with E-state index >= 15 is 0 Å². The molecular weight excluding hydrogens is 460 g/mol. The lowest BCUT2D eigenvalue weighted by Crippen LogP contribution is -2.60. The van der Waals surface area contributed by atoms with Gasteiger partial charge >= 0.3 is 0 Å². The minimum absolute atomic E-state index is 0.108. The van der Waals surface area contributed by atoms with Gasteiger partial charge in [-0.2, -0.15) is 0 Å². The molecule has 4 rings (SSSR count). The molecule has 0 amide bonds. The maximum absolute atomic E-state index is 10.3. The molecule has 2 heterocycles. The summed E-state index contributed by atoms with van der Waals surface area (Å²) in [6, 6.07) is 10.9. The summed E-state index contributed by atoms with van der Waals surface area (Å²) in [6.45, 7) is -0.589. The summed E-state index contributed by atoms with van der Waals surface area (Å²) in [5.74, 6) is 0.894. The highest BCUT2D eigenvalue weighted by Crippen LogP contribution is 2.47. The van der Waals surface area contributed by atoms with E-state index in [1.54, 1.807) is 18.2 Å². The Labute approximate surface area is 202 Å². The van der Waals surface area contributed by atoms with Crippen LogP contribution in [0.1, 0.15) is 35.1 Å². The Hall–Kier alpha value is -2.44. The van der Waals surface area contributed by atoms with Crippen molar-refractivity contribution in [2.45, 2.75) is 55.6 Å². The predicted molar refractivity (Wildman–Crippen MR) is 122 cm³/mol. The quantitative estimate of drug-likeness (QED) is 0.282. The van der Waals surface area contributed by atoms with Gasteiger partial charge in [0.05, 0.1) is 26.2 Å². The number of fused-ring (bicyclic) bond motifs is 1. The van der Waals surface area contributed by atoms with Crippen LogP contribution in [0.2, 0.25) is 0 Å². The third-order valence-corrected chi connectivity index (χ3v) is 6.52. The van der Waals surface area contributed by atoms with Crippen LogP contribution in [0.4, 0.5) is 0 Å². The first kappa shape index (κ1) is 25.6. The summed E-state index contributed by atoms with van der Waals surface area (Å²) in [5.41, 5.74) is 2.69. The molecule has 0 saturated carbocycles. The normalized spacial score (nSPS) is 30.0. The van der Waals surface area contributed by atoms with Crippen molar-refractivity contribution in [1.29, 1.82) is 0 Å². The number of aliphatic hydroxyl groups is 6. The molecule has 2 aliphatic heterocycles. The van der Waals surface area contributed by atoms with Crippen molar-refractivity contribution in [3.63, 3.8) is 0 Å². The van der Waals surface area contributed by atoms with Crippen molar-refractivity contribution < 1.29 is 49.6 Å². The van der Waals surface area contributed by atoms with E-state index in [-0.39, 0.29) is 24.9 Å². The number of aryl methyl sites for hydroxylation is 1. The maximum atomic E-state index is 10.3. The van der Waals surface area contributed by atoms with Gasteiger partial charge in [-0.05, 0) is 42.2 Å². The van der Waals surface area contributed by atoms with Crippen LogP contribution in [0.5, 0.6) is 17.2 Å². The number of rotatable bonds is 9. The van der Waals surface area contributed by atoms with Gasteiger partial charge < -0.3 is 49.6 Å². The van der Waals surface area contributed by atoms with Crippen LogP contribution < -0.4 is 14.2 Å². The zero-order chi connectivity index (χ0) is 25.1. The smallest absolute Gasteiger partial charge is 0.229 e. The second kappa shape index (κ2) is 11.1. The van der Waals surface area contributed by atoms with E-state index in [1.165, 1.54) is 7.11 Å². The number of benzene rings is 2. The number of hydrogen-bond acceptors (Lipinski definition) is 10. The first-order chi connectivity index (χ1) is 16.9. The monoisotopic (exact) mass is 492 g/mol. The molecule has 0 unspecified atom stereocenters. The first-order valence-corrected chi connectivity index (χ1v) is 11.6. The van der Waals surface area contributed by atoms with Crippen LogP contribution in [0, 0.1) is 0 Å². The molecule has 2 aromatic carbocycles. The molecule has 0 aromatic heterocycles.